The largest absolute Gasteiger partial charge is 0.567 e. The molecule has 1 saturated heterocycles. The summed E-state index contributed by atoms with van der Waals surface area (Å²) >= 11 is 0. The molecule has 2 aromatic carbocycles. The molecule has 0 spiro atoms. The summed E-state index contributed by atoms with van der Waals surface area (Å²) in [6.07, 6.45) is -4.02. The standard InChI is InChI=1S/C27H24B5NO11/c1-10-24(41-29)13(33-28)6-17(39-10)40-15-8-27(44-32,16(35)9-34)7-12-19(15)26(43-31)21-20(25(12)42-30)22(36)11-4-3-5-14(38-2)18(11)23(21)37/h3-5,10,13,15,17,24,33-34H,6-9H2,1-2H3. The van der Waals surface area contributed by atoms with Crippen LogP contribution < -0.4 is 19.3 Å². The van der Waals surface area contributed by atoms with E-state index in [0.717, 1.165) is 0 Å². The molecule has 0 bridgehead atoms. The molecule has 1 fully saturated rings. The molecule has 6 atom stereocenters. The van der Waals surface area contributed by atoms with Crippen molar-refractivity contribution in [2.45, 2.75) is 62.4 Å². The highest BCUT2D eigenvalue weighted by molar-refractivity contribution is 6.32. The van der Waals surface area contributed by atoms with Gasteiger partial charge >= 0.3 is 16.1 Å². The molecule has 12 nitrogen and oxygen atoms in total. The highest BCUT2D eigenvalue weighted by atomic mass is 16.7. The molecule has 1 heterocycles. The number of benzene rings is 2. The molecular weight excluding hydrogens is 568 g/mol. The second kappa shape index (κ2) is 12.7. The fraction of sp³-hybridized carbons (Fsp3) is 0.444. The Bertz CT molecular complexity index is 1490. The zero-order valence-corrected chi connectivity index (χ0v) is 23.9. The maximum absolute atomic E-state index is 14.1. The number of ketones is 3. The lowest BCUT2D eigenvalue weighted by molar-refractivity contribution is -0.244. The van der Waals surface area contributed by atoms with Gasteiger partial charge in [-0.05, 0) is 13.0 Å². The average molecular weight is 593 g/mol. The Labute approximate surface area is 259 Å². The van der Waals surface area contributed by atoms with Crippen molar-refractivity contribution < 1.29 is 52.3 Å². The fourth-order valence-electron chi connectivity index (χ4n) is 6.43. The molecule has 44 heavy (non-hydrogen) atoms. The van der Waals surface area contributed by atoms with Crippen molar-refractivity contribution in [1.82, 2.24) is 5.23 Å². The Kier molecular flexibility index (Phi) is 9.36. The van der Waals surface area contributed by atoms with E-state index in [1.54, 1.807) is 13.0 Å². The van der Waals surface area contributed by atoms with Crippen molar-refractivity contribution in [1.29, 1.82) is 0 Å². The Balaban J connectivity index is 1.74. The molecule has 10 radical (unpaired) electrons. The third-order valence-electron chi connectivity index (χ3n) is 8.49. The van der Waals surface area contributed by atoms with E-state index in [1.807, 2.05) is 0 Å². The molecule has 2 N–H and O–H groups in total. The van der Waals surface area contributed by atoms with Crippen molar-refractivity contribution in [2.75, 3.05) is 13.7 Å². The first-order valence-electron chi connectivity index (χ1n) is 13.5. The van der Waals surface area contributed by atoms with Crippen molar-refractivity contribution >= 4 is 57.5 Å². The first-order chi connectivity index (χ1) is 21.1. The normalized spacial score (nSPS) is 27.6. The summed E-state index contributed by atoms with van der Waals surface area (Å²) in [6.45, 7) is 0.745. The average Bonchev–Trinajstić information content (AvgIpc) is 3.04. The van der Waals surface area contributed by atoms with Crippen LogP contribution in [0.2, 0.25) is 0 Å². The molecule has 17 heteroatoms. The Morgan fingerprint density at radius 2 is 1.80 bits per heavy atom. The van der Waals surface area contributed by atoms with Crippen LogP contribution in [0.4, 0.5) is 0 Å². The third kappa shape index (κ3) is 4.99. The van der Waals surface area contributed by atoms with Crippen molar-refractivity contribution in [3.8, 4) is 17.2 Å². The highest BCUT2D eigenvalue weighted by Crippen LogP contribution is 2.53. The first-order valence-corrected chi connectivity index (χ1v) is 13.5. The Morgan fingerprint density at radius 1 is 1.09 bits per heavy atom. The van der Waals surface area contributed by atoms with Crippen LogP contribution in [-0.2, 0) is 30.0 Å². The van der Waals surface area contributed by atoms with E-state index in [9.17, 15) is 19.5 Å². The summed E-state index contributed by atoms with van der Waals surface area (Å²) in [5.74, 6) is -2.48. The lowest BCUT2D eigenvalue weighted by Gasteiger charge is -2.45. The number of methoxy groups -OCH3 is 1. The van der Waals surface area contributed by atoms with Gasteiger partial charge in [-0.2, -0.15) is 0 Å². The van der Waals surface area contributed by atoms with Gasteiger partial charge in [-0.1, -0.05) is 12.1 Å². The van der Waals surface area contributed by atoms with E-state index >= 15 is 0 Å². The van der Waals surface area contributed by atoms with Crippen LogP contribution >= 0.6 is 0 Å². The van der Waals surface area contributed by atoms with E-state index in [-0.39, 0.29) is 69.9 Å². The molecule has 1 aliphatic heterocycles. The van der Waals surface area contributed by atoms with Crippen molar-refractivity contribution in [3.63, 3.8) is 0 Å². The number of aliphatic hydroxyl groups is 1. The molecule has 2 aliphatic carbocycles. The van der Waals surface area contributed by atoms with E-state index < -0.39 is 60.2 Å². The summed E-state index contributed by atoms with van der Waals surface area (Å²) in [6, 6.07) is 3.99. The second-order valence-electron chi connectivity index (χ2n) is 10.7. The number of carbonyl (C=O) groups excluding carboxylic acids is 3. The number of Topliss-reactive ketones (excluding diaryl/α,β-unsaturated/α-hetero) is 1. The molecule has 3 aliphatic rings. The molecule has 5 rings (SSSR count). The zero-order valence-electron chi connectivity index (χ0n) is 23.9. The topological polar surface area (TPSA) is 148 Å². The summed E-state index contributed by atoms with van der Waals surface area (Å²) in [5.41, 5.74) is -2.23. The van der Waals surface area contributed by atoms with Crippen LogP contribution in [0.5, 0.6) is 17.2 Å². The number of hydrogen-bond acceptors (Lipinski definition) is 12. The number of fused-ring (bicyclic) bond motifs is 3. The van der Waals surface area contributed by atoms with Gasteiger partial charge < -0.3 is 43.2 Å². The Hall–Kier alpha value is -3.07. The SMILES string of the molecule is [B]NC1CC(OC2CC(O[B])(C(=O)CO)Cc3c(O[B])c4c(c(O[B])c32)C(=O)c2c(OC)cccc2C4=O)OC(C)C1O[B]. The maximum Gasteiger partial charge on any atom is 0.374 e. The van der Waals surface area contributed by atoms with Gasteiger partial charge in [0.25, 0.3) is 16.1 Å². The minimum atomic E-state index is -1.89. The lowest BCUT2D eigenvalue weighted by atomic mass is 9.71. The van der Waals surface area contributed by atoms with Crippen molar-refractivity contribution in [3.05, 3.63) is 51.6 Å². The van der Waals surface area contributed by atoms with Gasteiger partial charge in [0.05, 0.1) is 42.1 Å². The number of carbonyl (C=O) groups is 3. The van der Waals surface area contributed by atoms with E-state index in [2.05, 4.69) is 5.23 Å². The highest BCUT2D eigenvalue weighted by Gasteiger charge is 2.51. The van der Waals surface area contributed by atoms with Crippen LogP contribution in [0.25, 0.3) is 0 Å². The lowest BCUT2D eigenvalue weighted by Crippen LogP contribution is -2.55. The van der Waals surface area contributed by atoms with Gasteiger partial charge in [-0.25, -0.2) is 0 Å². The number of hydrogen-bond donors (Lipinski definition) is 2. The third-order valence-corrected chi connectivity index (χ3v) is 8.49. The first kappa shape index (κ1) is 32.3. The minimum Gasteiger partial charge on any atom is -0.567 e. The molecule has 2 aromatic rings. The molecule has 0 aromatic heterocycles. The quantitative estimate of drug-likeness (QED) is 0.291. The molecule has 0 amide bonds. The van der Waals surface area contributed by atoms with Gasteiger partial charge in [-0.3, -0.25) is 14.4 Å². The second-order valence-corrected chi connectivity index (χ2v) is 10.7. The Morgan fingerprint density at radius 3 is 2.39 bits per heavy atom. The van der Waals surface area contributed by atoms with Gasteiger partial charge in [0.1, 0.15) is 29.5 Å². The van der Waals surface area contributed by atoms with E-state index in [1.165, 1.54) is 19.2 Å². The molecule has 0 saturated carbocycles. The van der Waals surface area contributed by atoms with Gasteiger partial charge in [-0.15, -0.1) is 0 Å². The monoisotopic (exact) mass is 593 g/mol. The maximum atomic E-state index is 14.1. The summed E-state index contributed by atoms with van der Waals surface area (Å²) < 4.78 is 38.6. The van der Waals surface area contributed by atoms with E-state index in [0.29, 0.717) is 0 Å². The number of rotatable bonds is 10. The predicted molar refractivity (Wildman–Crippen MR) is 155 cm³/mol. The molecule has 218 valence electrons. The van der Waals surface area contributed by atoms with Crippen LogP contribution in [0.3, 0.4) is 0 Å². The zero-order chi connectivity index (χ0) is 31.9. The van der Waals surface area contributed by atoms with Gasteiger partial charge in [0, 0.05) is 42.0 Å². The van der Waals surface area contributed by atoms with Crippen molar-refractivity contribution in [2.24, 2.45) is 0 Å². The van der Waals surface area contributed by atoms with Crippen LogP contribution in [0.1, 0.15) is 68.8 Å². The van der Waals surface area contributed by atoms with Crippen LogP contribution in [0, 0.1) is 0 Å². The van der Waals surface area contributed by atoms with Crippen LogP contribution in [-0.4, -0.2) is 106 Å². The van der Waals surface area contributed by atoms with Gasteiger partial charge in [0.15, 0.2) is 25.8 Å². The van der Waals surface area contributed by atoms with E-state index in [4.69, 9.17) is 73.0 Å². The predicted octanol–water partition coefficient (Wildman–Crippen LogP) is -0.555. The number of ether oxygens (including phenoxy) is 3. The summed E-state index contributed by atoms with van der Waals surface area (Å²) in [4.78, 5) is 41.2. The smallest absolute Gasteiger partial charge is 0.374 e. The number of aliphatic hydroxyl groups excluding tert-OH is 1. The summed E-state index contributed by atoms with van der Waals surface area (Å²) in [5, 5.41) is 12.5. The molecule has 6 unspecified atom stereocenters. The minimum absolute atomic E-state index is 0.0149. The fourth-order valence-corrected chi connectivity index (χ4v) is 6.43. The summed E-state index contributed by atoms with van der Waals surface area (Å²) in [7, 11) is 29.7. The van der Waals surface area contributed by atoms with Crippen LogP contribution in [0.15, 0.2) is 18.2 Å². The molecular formula is C27H24B5NO11. The number of nitrogens with one attached hydrogen (secondary N) is 1. The van der Waals surface area contributed by atoms with Gasteiger partial charge in [0.2, 0.25) is 5.78 Å².